The number of rotatable bonds is 4. The van der Waals surface area contributed by atoms with Gasteiger partial charge >= 0.3 is 5.91 Å². The van der Waals surface area contributed by atoms with E-state index in [4.69, 9.17) is 9.47 Å². The van der Waals surface area contributed by atoms with E-state index in [1.165, 1.54) is 4.90 Å². The Morgan fingerprint density at radius 2 is 2.21 bits per heavy atom. The SMILES string of the molecule is CCC#CC(=O)N(c1ccc2c(n1)OCC2)c1cc(C)c(Br)cc1OC1CC1. The van der Waals surface area contributed by atoms with Crippen molar-refractivity contribution in [1.29, 1.82) is 0 Å². The normalized spacial score (nSPS) is 14.5. The smallest absolute Gasteiger partial charge is 0.308 e. The van der Waals surface area contributed by atoms with E-state index >= 15 is 0 Å². The molecule has 0 unspecified atom stereocenters. The fraction of sp³-hybridized carbons (Fsp3) is 0.364. The number of aromatic nitrogens is 1. The average molecular weight is 441 g/mol. The number of halogens is 1. The molecule has 28 heavy (non-hydrogen) atoms. The van der Waals surface area contributed by atoms with Crippen LogP contribution in [0.3, 0.4) is 0 Å². The van der Waals surface area contributed by atoms with E-state index in [0.717, 1.165) is 34.9 Å². The third-order valence-corrected chi connectivity index (χ3v) is 5.49. The molecule has 1 aliphatic heterocycles. The van der Waals surface area contributed by atoms with Gasteiger partial charge in [0.15, 0.2) is 0 Å². The van der Waals surface area contributed by atoms with E-state index in [0.29, 0.717) is 36.2 Å². The van der Waals surface area contributed by atoms with Crippen LogP contribution >= 0.6 is 15.9 Å². The lowest BCUT2D eigenvalue weighted by atomic mass is 10.1. The van der Waals surface area contributed by atoms with Crippen LogP contribution in [0.25, 0.3) is 0 Å². The maximum Gasteiger partial charge on any atom is 0.308 e. The number of nitrogens with zero attached hydrogens (tertiary/aromatic N) is 2. The van der Waals surface area contributed by atoms with Gasteiger partial charge in [-0.2, -0.15) is 4.98 Å². The second-order valence-electron chi connectivity index (χ2n) is 6.91. The summed E-state index contributed by atoms with van der Waals surface area (Å²) in [4.78, 5) is 19.2. The average Bonchev–Trinajstić information content (AvgIpc) is 3.37. The van der Waals surface area contributed by atoms with Crippen LogP contribution < -0.4 is 14.4 Å². The molecule has 1 amide bonds. The molecule has 2 aromatic rings. The van der Waals surface area contributed by atoms with E-state index in [-0.39, 0.29) is 12.0 Å². The Labute approximate surface area is 173 Å². The molecule has 1 aromatic heterocycles. The summed E-state index contributed by atoms with van der Waals surface area (Å²) in [5, 5.41) is 0. The van der Waals surface area contributed by atoms with Crippen LogP contribution in [0.4, 0.5) is 11.5 Å². The maximum atomic E-state index is 13.1. The van der Waals surface area contributed by atoms with Gasteiger partial charge in [0.25, 0.3) is 0 Å². The Kier molecular flexibility index (Phi) is 5.27. The van der Waals surface area contributed by atoms with Crippen molar-refractivity contribution in [2.75, 3.05) is 11.5 Å². The Balaban J connectivity index is 1.83. The van der Waals surface area contributed by atoms with Gasteiger partial charge in [-0.1, -0.05) is 28.8 Å². The van der Waals surface area contributed by atoms with Crippen LogP contribution in [0.5, 0.6) is 11.6 Å². The molecule has 0 spiro atoms. The van der Waals surface area contributed by atoms with Crippen molar-refractivity contribution in [2.45, 2.75) is 45.6 Å². The number of hydrogen-bond acceptors (Lipinski definition) is 4. The summed E-state index contributed by atoms with van der Waals surface area (Å²) < 4.78 is 12.7. The minimum absolute atomic E-state index is 0.198. The predicted octanol–water partition coefficient (Wildman–Crippen LogP) is 4.71. The first-order valence-electron chi connectivity index (χ1n) is 9.49. The highest BCUT2D eigenvalue weighted by atomic mass is 79.9. The third-order valence-electron chi connectivity index (χ3n) is 4.64. The minimum Gasteiger partial charge on any atom is -0.488 e. The number of benzene rings is 1. The molecule has 144 valence electrons. The zero-order valence-corrected chi connectivity index (χ0v) is 17.5. The van der Waals surface area contributed by atoms with Gasteiger partial charge in [0.2, 0.25) is 5.88 Å². The second kappa shape index (κ2) is 7.84. The van der Waals surface area contributed by atoms with E-state index in [1.807, 2.05) is 38.1 Å². The number of aryl methyl sites for hydroxylation is 1. The molecule has 0 radical (unpaired) electrons. The quantitative estimate of drug-likeness (QED) is 0.646. The lowest BCUT2D eigenvalue weighted by Gasteiger charge is -2.23. The van der Waals surface area contributed by atoms with Gasteiger partial charge in [-0.15, -0.1) is 0 Å². The molecule has 1 fully saturated rings. The number of carbonyl (C=O) groups is 1. The van der Waals surface area contributed by atoms with Crippen LogP contribution in [0.1, 0.15) is 37.3 Å². The topological polar surface area (TPSA) is 51.7 Å². The molecule has 2 aliphatic rings. The van der Waals surface area contributed by atoms with Crippen molar-refractivity contribution in [3.63, 3.8) is 0 Å². The van der Waals surface area contributed by atoms with Crippen molar-refractivity contribution in [2.24, 2.45) is 0 Å². The first-order valence-corrected chi connectivity index (χ1v) is 10.3. The predicted molar refractivity (Wildman–Crippen MR) is 111 cm³/mol. The summed E-state index contributed by atoms with van der Waals surface area (Å²) in [5.41, 5.74) is 2.70. The lowest BCUT2D eigenvalue weighted by molar-refractivity contribution is -0.112. The highest BCUT2D eigenvalue weighted by Gasteiger charge is 2.29. The van der Waals surface area contributed by atoms with Crippen LogP contribution in [-0.2, 0) is 11.2 Å². The van der Waals surface area contributed by atoms with Gasteiger partial charge < -0.3 is 9.47 Å². The number of pyridine rings is 1. The molecule has 5 nitrogen and oxygen atoms in total. The van der Waals surface area contributed by atoms with E-state index in [2.05, 4.69) is 32.8 Å². The molecular formula is C22H21BrN2O3. The molecule has 0 atom stereocenters. The van der Waals surface area contributed by atoms with Crippen LogP contribution in [0, 0.1) is 18.8 Å². The fourth-order valence-electron chi connectivity index (χ4n) is 3.00. The molecule has 4 rings (SSSR count). The molecule has 1 aliphatic carbocycles. The number of ether oxygens (including phenoxy) is 2. The first-order chi connectivity index (χ1) is 13.6. The summed E-state index contributed by atoms with van der Waals surface area (Å²) in [6.45, 7) is 4.51. The van der Waals surface area contributed by atoms with Crippen molar-refractivity contribution >= 4 is 33.3 Å². The summed E-state index contributed by atoms with van der Waals surface area (Å²) in [7, 11) is 0. The van der Waals surface area contributed by atoms with E-state index in [1.54, 1.807) is 0 Å². The van der Waals surface area contributed by atoms with Gasteiger partial charge in [-0.3, -0.25) is 4.79 Å². The number of anilines is 2. The Bertz CT molecular complexity index is 989. The van der Waals surface area contributed by atoms with Gasteiger partial charge in [-0.25, -0.2) is 4.90 Å². The molecule has 0 N–H and O–H groups in total. The minimum atomic E-state index is -0.338. The third kappa shape index (κ3) is 3.85. The van der Waals surface area contributed by atoms with Gasteiger partial charge in [0.05, 0.1) is 18.4 Å². The van der Waals surface area contributed by atoms with E-state index in [9.17, 15) is 4.79 Å². The van der Waals surface area contributed by atoms with Crippen molar-refractivity contribution in [3.05, 3.63) is 39.9 Å². The summed E-state index contributed by atoms with van der Waals surface area (Å²) in [5.74, 6) is 6.96. The zero-order valence-electron chi connectivity index (χ0n) is 15.9. The van der Waals surface area contributed by atoms with E-state index < -0.39 is 0 Å². The molecule has 1 aromatic carbocycles. The summed E-state index contributed by atoms with van der Waals surface area (Å²) in [6.07, 6.45) is 3.69. The highest BCUT2D eigenvalue weighted by Crippen LogP contribution is 2.41. The molecule has 0 bridgehead atoms. The van der Waals surface area contributed by atoms with Crippen LogP contribution in [-0.4, -0.2) is 23.6 Å². The fourth-order valence-corrected chi connectivity index (χ4v) is 3.32. The van der Waals surface area contributed by atoms with Crippen molar-refractivity contribution in [1.82, 2.24) is 4.98 Å². The van der Waals surface area contributed by atoms with Gasteiger partial charge in [-0.05, 0) is 55.5 Å². The first kappa shape index (κ1) is 18.8. The number of fused-ring (bicyclic) bond motifs is 1. The number of amides is 1. The maximum absolute atomic E-state index is 13.1. The second-order valence-corrected chi connectivity index (χ2v) is 7.77. The molecule has 0 saturated heterocycles. The molecule has 2 heterocycles. The lowest BCUT2D eigenvalue weighted by Crippen LogP contribution is -2.26. The van der Waals surface area contributed by atoms with Gasteiger partial charge in [0.1, 0.15) is 11.6 Å². The molecular weight excluding hydrogens is 420 g/mol. The monoisotopic (exact) mass is 440 g/mol. The number of carbonyl (C=O) groups excluding carboxylic acids is 1. The standard InChI is InChI=1S/C22H21BrN2O3/c1-3-4-5-21(26)25(20-9-6-15-10-11-27-22(15)24-20)18-12-14(2)17(23)13-19(18)28-16-7-8-16/h6,9,12-13,16H,3,7-8,10-11H2,1-2H3. The Morgan fingerprint density at radius 3 is 2.96 bits per heavy atom. The highest BCUT2D eigenvalue weighted by molar-refractivity contribution is 9.10. The Hall–Kier alpha value is -2.52. The largest absolute Gasteiger partial charge is 0.488 e. The van der Waals surface area contributed by atoms with Crippen molar-refractivity contribution < 1.29 is 14.3 Å². The molecule has 1 saturated carbocycles. The molecule has 6 heteroatoms. The van der Waals surface area contributed by atoms with Crippen LogP contribution in [0.15, 0.2) is 28.7 Å². The van der Waals surface area contributed by atoms with Gasteiger partial charge in [0, 0.05) is 22.9 Å². The van der Waals surface area contributed by atoms with Crippen molar-refractivity contribution in [3.8, 4) is 23.5 Å². The summed E-state index contributed by atoms with van der Waals surface area (Å²) >= 11 is 3.57. The zero-order chi connectivity index (χ0) is 19.7. The summed E-state index contributed by atoms with van der Waals surface area (Å²) in [6, 6.07) is 7.66. The Morgan fingerprint density at radius 1 is 1.39 bits per heavy atom. The number of hydrogen-bond donors (Lipinski definition) is 0. The van der Waals surface area contributed by atoms with Crippen LogP contribution in [0.2, 0.25) is 0 Å².